The molecule has 0 spiro atoms. The summed E-state index contributed by atoms with van der Waals surface area (Å²) in [6.45, 7) is 5.66. The normalized spacial score (nSPS) is 12.0. The first kappa shape index (κ1) is 19.8. The van der Waals surface area contributed by atoms with Crippen LogP contribution in [-0.2, 0) is 4.79 Å². The van der Waals surface area contributed by atoms with Crippen molar-refractivity contribution in [2.75, 3.05) is 6.61 Å². The van der Waals surface area contributed by atoms with Crippen molar-refractivity contribution in [1.29, 1.82) is 0 Å². The molecule has 0 aliphatic carbocycles. The van der Waals surface area contributed by atoms with Gasteiger partial charge in [-0.1, -0.05) is 30.6 Å². The fourth-order valence-electron chi connectivity index (χ4n) is 2.56. The Morgan fingerprint density at radius 3 is 2.82 bits per heavy atom. The highest BCUT2D eigenvalue weighted by Crippen LogP contribution is 2.24. The van der Waals surface area contributed by atoms with Gasteiger partial charge >= 0.3 is 0 Å². The Morgan fingerprint density at radius 2 is 2.14 bits per heavy atom. The summed E-state index contributed by atoms with van der Waals surface area (Å²) in [6, 6.07) is 8.45. The Hall–Kier alpha value is -2.93. The highest BCUT2D eigenvalue weighted by atomic mass is 35.5. The number of pyridine rings is 1. The molecule has 1 aromatic carbocycles. The van der Waals surface area contributed by atoms with E-state index >= 15 is 0 Å². The lowest BCUT2D eigenvalue weighted by Crippen LogP contribution is -2.35. The Kier molecular flexibility index (Phi) is 6.26. The van der Waals surface area contributed by atoms with Gasteiger partial charge in [0.15, 0.2) is 6.61 Å². The number of carbonyl (C=O) groups excluding carboxylic acids is 1. The van der Waals surface area contributed by atoms with E-state index in [1.165, 1.54) is 0 Å². The maximum absolute atomic E-state index is 12.4. The van der Waals surface area contributed by atoms with E-state index in [-0.39, 0.29) is 18.4 Å². The molecule has 28 heavy (non-hydrogen) atoms. The summed E-state index contributed by atoms with van der Waals surface area (Å²) in [4.78, 5) is 20.8. The van der Waals surface area contributed by atoms with Crippen molar-refractivity contribution in [3.8, 4) is 17.1 Å². The standard InChI is InChI=1S/C20H21ClN4O3/c1-12(2)18(20-24-19(25-28-20)14-5-4-8-22-10-14)23-17(26)11-27-15-6-7-16(21)13(3)9-15/h4-10,12,18H,11H2,1-3H3,(H,23,26). The second-order valence-corrected chi connectivity index (χ2v) is 7.09. The number of benzene rings is 1. The lowest BCUT2D eigenvalue weighted by atomic mass is 10.0. The van der Waals surface area contributed by atoms with Gasteiger partial charge in [-0.2, -0.15) is 4.98 Å². The number of aryl methyl sites for hydroxylation is 1. The average Bonchev–Trinajstić information content (AvgIpc) is 3.17. The molecule has 8 heteroatoms. The van der Waals surface area contributed by atoms with Crippen LogP contribution in [0.15, 0.2) is 47.2 Å². The summed E-state index contributed by atoms with van der Waals surface area (Å²) in [5, 5.41) is 7.53. The van der Waals surface area contributed by atoms with E-state index in [2.05, 4.69) is 20.4 Å². The largest absolute Gasteiger partial charge is 0.484 e. The van der Waals surface area contributed by atoms with Crippen LogP contribution < -0.4 is 10.1 Å². The summed E-state index contributed by atoms with van der Waals surface area (Å²) < 4.78 is 10.9. The molecule has 1 amide bonds. The number of aromatic nitrogens is 3. The first-order valence-electron chi connectivity index (χ1n) is 8.86. The number of amides is 1. The van der Waals surface area contributed by atoms with Crippen LogP contribution in [-0.4, -0.2) is 27.6 Å². The minimum Gasteiger partial charge on any atom is -0.484 e. The average molecular weight is 401 g/mol. The minimum atomic E-state index is -0.430. The second-order valence-electron chi connectivity index (χ2n) is 6.69. The zero-order valence-electron chi connectivity index (χ0n) is 15.8. The van der Waals surface area contributed by atoms with Crippen molar-refractivity contribution in [2.24, 2.45) is 5.92 Å². The van der Waals surface area contributed by atoms with Crippen molar-refractivity contribution in [1.82, 2.24) is 20.4 Å². The zero-order chi connectivity index (χ0) is 20.1. The van der Waals surface area contributed by atoms with Gasteiger partial charge < -0.3 is 14.6 Å². The van der Waals surface area contributed by atoms with Crippen LogP contribution in [0.4, 0.5) is 0 Å². The summed E-state index contributed by atoms with van der Waals surface area (Å²) in [6.07, 6.45) is 3.32. The van der Waals surface area contributed by atoms with E-state index in [1.807, 2.05) is 26.8 Å². The quantitative estimate of drug-likeness (QED) is 0.645. The van der Waals surface area contributed by atoms with Gasteiger partial charge in [0.05, 0.1) is 0 Å². The summed E-state index contributed by atoms with van der Waals surface area (Å²) in [5.74, 6) is 1.10. The third-order valence-corrected chi connectivity index (χ3v) is 4.53. The predicted molar refractivity (Wildman–Crippen MR) is 105 cm³/mol. The van der Waals surface area contributed by atoms with Crippen LogP contribution in [0, 0.1) is 12.8 Å². The van der Waals surface area contributed by atoms with Crippen LogP contribution in [0.5, 0.6) is 5.75 Å². The molecule has 1 unspecified atom stereocenters. The smallest absolute Gasteiger partial charge is 0.258 e. The molecule has 2 aromatic heterocycles. The number of carbonyl (C=O) groups is 1. The van der Waals surface area contributed by atoms with E-state index in [1.54, 1.807) is 36.7 Å². The van der Waals surface area contributed by atoms with Gasteiger partial charge in [-0.3, -0.25) is 9.78 Å². The van der Waals surface area contributed by atoms with E-state index in [0.29, 0.717) is 22.5 Å². The van der Waals surface area contributed by atoms with Gasteiger partial charge in [0.2, 0.25) is 11.7 Å². The van der Waals surface area contributed by atoms with Crippen molar-refractivity contribution < 1.29 is 14.1 Å². The lowest BCUT2D eigenvalue weighted by Gasteiger charge is -2.18. The molecule has 3 rings (SSSR count). The molecule has 0 saturated heterocycles. The van der Waals surface area contributed by atoms with E-state index in [0.717, 1.165) is 11.1 Å². The predicted octanol–water partition coefficient (Wildman–Crippen LogP) is 3.99. The molecule has 0 aliphatic heterocycles. The monoisotopic (exact) mass is 400 g/mol. The number of nitrogens with one attached hydrogen (secondary N) is 1. The van der Waals surface area contributed by atoms with Crippen molar-refractivity contribution >= 4 is 17.5 Å². The van der Waals surface area contributed by atoms with E-state index in [9.17, 15) is 4.79 Å². The SMILES string of the molecule is Cc1cc(OCC(=O)NC(c2nc(-c3cccnc3)no2)C(C)C)ccc1Cl. The van der Waals surface area contributed by atoms with E-state index in [4.69, 9.17) is 20.9 Å². The first-order chi connectivity index (χ1) is 13.4. The van der Waals surface area contributed by atoms with Crippen molar-refractivity contribution in [3.05, 3.63) is 59.2 Å². The van der Waals surface area contributed by atoms with E-state index < -0.39 is 6.04 Å². The zero-order valence-corrected chi connectivity index (χ0v) is 16.6. The Morgan fingerprint density at radius 1 is 1.32 bits per heavy atom. The van der Waals surface area contributed by atoms with Gasteiger partial charge in [0.1, 0.15) is 11.8 Å². The van der Waals surface area contributed by atoms with Crippen LogP contribution in [0.2, 0.25) is 5.02 Å². The first-order valence-corrected chi connectivity index (χ1v) is 9.24. The van der Waals surface area contributed by atoms with Crippen LogP contribution in [0.1, 0.15) is 31.3 Å². The number of hydrogen-bond acceptors (Lipinski definition) is 6. The summed E-state index contributed by atoms with van der Waals surface area (Å²) in [5.41, 5.74) is 1.63. The second kappa shape index (κ2) is 8.84. The fourth-order valence-corrected chi connectivity index (χ4v) is 2.68. The Labute approximate surface area is 168 Å². The van der Waals surface area contributed by atoms with Gasteiger partial charge in [-0.05, 0) is 48.7 Å². The maximum atomic E-state index is 12.4. The fraction of sp³-hybridized carbons (Fsp3) is 0.300. The van der Waals surface area contributed by atoms with Crippen LogP contribution in [0.25, 0.3) is 11.4 Å². The highest BCUT2D eigenvalue weighted by molar-refractivity contribution is 6.31. The van der Waals surface area contributed by atoms with Gasteiger partial charge in [0.25, 0.3) is 5.91 Å². The third-order valence-electron chi connectivity index (χ3n) is 4.11. The summed E-state index contributed by atoms with van der Waals surface area (Å²) in [7, 11) is 0. The minimum absolute atomic E-state index is 0.0453. The van der Waals surface area contributed by atoms with Crippen molar-refractivity contribution in [2.45, 2.75) is 26.8 Å². The van der Waals surface area contributed by atoms with Gasteiger partial charge in [-0.15, -0.1) is 0 Å². The lowest BCUT2D eigenvalue weighted by molar-refractivity contribution is -0.124. The third kappa shape index (κ3) is 4.86. The molecule has 0 aliphatic rings. The molecular formula is C20H21ClN4O3. The van der Waals surface area contributed by atoms with Crippen LogP contribution in [0.3, 0.4) is 0 Å². The molecule has 146 valence electrons. The molecule has 0 saturated carbocycles. The van der Waals surface area contributed by atoms with Gasteiger partial charge in [-0.25, -0.2) is 0 Å². The Bertz CT molecular complexity index is 944. The maximum Gasteiger partial charge on any atom is 0.258 e. The molecule has 0 radical (unpaired) electrons. The molecular weight excluding hydrogens is 380 g/mol. The number of rotatable bonds is 7. The number of hydrogen-bond donors (Lipinski definition) is 1. The Balaban J connectivity index is 1.65. The highest BCUT2D eigenvalue weighted by Gasteiger charge is 2.25. The molecule has 1 N–H and O–H groups in total. The van der Waals surface area contributed by atoms with Crippen LogP contribution >= 0.6 is 11.6 Å². The number of halogens is 1. The van der Waals surface area contributed by atoms with Gasteiger partial charge in [0, 0.05) is 23.0 Å². The topological polar surface area (TPSA) is 90.1 Å². The molecule has 2 heterocycles. The molecule has 0 bridgehead atoms. The number of nitrogens with zero attached hydrogens (tertiary/aromatic N) is 3. The molecule has 0 fully saturated rings. The molecule has 3 aromatic rings. The number of ether oxygens (including phenoxy) is 1. The molecule has 7 nitrogen and oxygen atoms in total. The summed E-state index contributed by atoms with van der Waals surface area (Å²) >= 11 is 6.00. The van der Waals surface area contributed by atoms with Crippen molar-refractivity contribution in [3.63, 3.8) is 0 Å². The molecule has 1 atom stereocenters.